The highest BCUT2D eigenvalue weighted by Gasteiger charge is 2.13. The summed E-state index contributed by atoms with van der Waals surface area (Å²) in [4.78, 5) is 15.0. The third-order valence-electron chi connectivity index (χ3n) is 2.64. The van der Waals surface area contributed by atoms with Crippen LogP contribution in [-0.2, 0) is 11.2 Å². The van der Waals surface area contributed by atoms with Crippen LogP contribution in [0, 0.1) is 0 Å². The fourth-order valence-electron chi connectivity index (χ4n) is 1.70. The maximum absolute atomic E-state index is 10.7. The van der Waals surface area contributed by atoms with Gasteiger partial charge in [-0.1, -0.05) is 13.3 Å². The predicted octanol–water partition coefficient (Wildman–Crippen LogP) is 2.33. The van der Waals surface area contributed by atoms with E-state index in [1.54, 1.807) is 4.52 Å². The van der Waals surface area contributed by atoms with Crippen LogP contribution in [0.5, 0.6) is 0 Å². The number of aliphatic carboxylic acids is 1. The van der Waals surface area contributed by atoms with E-state index in [2.05, 4.69) is 38.3 Å². The van der Waals surface area contributed by atoms with Gasteiger partial charge in [-0.2, -0.15) is 0 Å². The van der Waals surface area contributed by atoms with E-state index in [9.17, 15) is 4.79 Å². The number of carbonyl (C=O) groups is 1. The van der Waals surface area contributed by atoms with E-state index < -0.39 is 5.97 Å². The second-order valence-electron chi connectivity index (χ2n) is 4.19. The summed E-state index contributed by atoms with van der Waals surface area (Å²) in [5.74, 6) is -0.161. The van der Waals surface area contributed by atoms with E-state index in [0.717, 1.165) is 25.2 Å². The molecule has 0 aromatic carbocycles. The maximum atomic E-state index is 10.7. The largest absolute Gasteiger partial charge is 0.481 e. The molecule has 0 unspecified atom stereocenters. The van der Waals surface area contributed by atoms with Crippen molar-refractivity contribution in [3.63, 3.8) is 0 Å². The smallest absolute Gasteiger partial charge is 0.309 e. The Morgan fingerprint density at radius 1 is 1.53 bits per heavy atom. The van der Waals surface area contributed by atoms with Crippen molar-refractivity contribution in [3.8, 4) is 0 Å². The number of imidazole rings is 1. The fraction of sp³-hybridized carbons (Fsp3) is 0.417. The minimum Gasteiger partial charge on any atom is -0.481 e. The first kappa shape index (κ1) is 13.8. The number of fused-ring (bicyclic) bond motifs is 1. The van der Waals surface area contributed by atoms with Crippen LogP contribution >= 0.6 is 15.9 Å². The molecule has 0 atom stereocenters. The molecule has 102 valence electrons. The van der Waals surface area contributed by atoms with Crippen molar-refractivity contribution in [2.45, 2.75) is 26.2 Å². The summed E-state index contributed by atoms with van der Waals surface area (Å²) in [6, 6.07) is 3.66. The summed E-state index contributed by atoms with van der Waals surface area (Å²) < 4.78 is 2.19. The van der Waals surface area contributed by atoms with Crippen molar-refractivity contribution >= 4 is 33.4 Å². The Kier molecular flexibility index (Phi) is 4.36. The lowest BCUT2D eigenvalue weighted by Crippen LogP contribution is -2.05. The minimum atomic E-state index is -0.912. The number of halogens is 1. The van der Waals surface area contributed by atoms with Gasteiger partial charge in [0.2, 0.25) is 0 Å². The van der Waals surface area contributed by atoms with Gasteiger partial charge in [-0.05, 0) is 34.5 Å². The van der Waals surface area contributed by atoms with Gasteiger partial charge < -0.3 is 10.4 Å². The van der Waals surface area contributed by atoms with Crippen molar-refractivity contribution in [1.82, 2.24) is 14.6 Å². The van der Waals surface area contributed by atoms with Gasteiger partial charge in [-0.3, -0.25) is 4.79 Å². The van der Waals surface area contributed by atoms with Crippen molar-refractivity contribution in [1.29, 1.82) is 0 Å². The summed E-state index contributed by atoms with van der Waals surface area (Å²) in [6.45, 7) is 2.99. The predicted molar refractivity (Wildman–Crippen MR) is 75.4 cm³/mol. The van der Waals surface area contributed by atoms with E-state index in [1.807, 2.05) is 12.1 Å². The first-order chi connectivity index (χ1) is 9.11. The third kappa shape index (κ3) is 3.23. The van der Waals surface area contributed by atoms with Crippen LogP contribution in [0.25, 0.3) is 5.65 Å². The normalized spacial score (nSPS) is 10.8. The van der Waals surface area contributed by atoms with Crippen LogP contribution in [0.15, 0.2) is 16.7 Å². The Balaban J connectivity index is 2.26. The minimum absolute atomic E-state index is 0.122. The van der Waals surface area contributed by atoms with Crippen molar-refractivity contribution in [2.24, 2.45) is 0 Å². The number of hydrogen-bond donors (Lipinski definition) is 2. The molecule has 2 rings (SSSR count). The van der Waals surface area contributed by atoms with Gasteiger partial charge in [0.25, 0.3) is 0 Å². The second-order valence-corrected chi connectivity index (χ2v) is 4.94. The highest BCUT2D eigenvalue weighted by atomic mass is 79.9. The first-order valence-electron chi connectivity index (χ1n) is 6.11. The number of rotatable bonds is 6. The quantitative estimate of drug-likeness (QED) is 0.796. The Labute approximate surface area is 119 Å². The number of unbranched alkanes of at least 4 members (excludes halogenated alkanes) is 1. The zero-order valence-electron chi connectivity index (χ0n) is 10.6. The van der Waals surface area contributed by atoms with E-state index in [0.29, 0.717) is 15.9 Å². The first-order valence-corrected chi connectivity index (χ1v) is 6.91. The summed E-state index contributed by atoms with van der Waals surface area (Å²) in [5, 5.41) is 16.4. The highest BCUT2D eigenvalue weighted by molar-refractivity contribution is 9.10. The molecule has 0 saturated heterocycles. The Morgan fingerprint density at radius 2 is 2.32 bits per heavy atom. The van der Waals surface area contributed by atoms with Gasteiger partial charge in [0, 0.05) is 6.54 Å². The number of nitrogens with one attached hydrogen (secondary N) is 1. The van der Waals surface area contributed by atoms with Crippen molar-refractivity contribution in [3.05, 3.63) is 22.4 Å². The molecule has 0 saturated carbocycles. The molecule has 2 N–H and O–H groups in total. The molecule has 2 aromatic heterocycles. The molecule has 0 fully saturated rings. The molecular weight excluding hydrogens is 312 g/mol. The summed E-state index contributed by atoms with van der Waals surface area (Å²) in [5.41, 5.74) is 1.11. The molecular formula is C12H15BrN4O2. The second kappa shape index (κ2) is 6.01. The number of aromatic nitrogens is 3. The topological polar surface area (TPSA) is 79.5 Å². The zero-order valence-corrected chi connectivity index (χ0v) is 12.1. The van der Waals surface area contributed by atoms with Crippen LogP contribution in [0.3, 0.4) is 0 Å². The van der Waals surface area contributed by atoms with Gasteiger partial charge in [0.15, 0.2) is 5.65 Å². The van der Waals surface area contributed by atoms with E-state index in [4.69, 9.17) is 5.11 Å². The van der Waals surface area contributed by atoms with Crippen LogP contribution in [0.2, 0.25) is 0 Å². The third-order valence-corrected chi connectivity index (χ3v) is 3.44. The molecule has 19 heavy (non-hydrogen) atoms. The van der Waals surface area contributed by atoms with Crippen LogP contribution in [-0.4, -0.2) is 32.2 Å². The lowest BCUT2D eigenvalue weighted by molar-refractivity contribution is -0.136. The van der Waals surface area contributed by atoms with Crippen LogP contribution in [0.4, 0.5) is 5.82 Å². The SMILES string of the molecule is CCCCNc1ccc2nc(CC(=O)O)c(Br)n2n1. The Hall–Kier alpha value is -1.63. The standard InChI is InChI=1S/C12H15BrN4O2/c1-2-3-6-14-9-4-5-10-15-8(7-11(18)19)12(13)17(10)16-9/h4-5H,2-3,6-7H2,1H3,(H,14,16)(H,18,19). The number of hydrogen-bond acceptors (Lipinski definition) is 4. The lowest BCUT2D eigenvalue weighted by Gasteiger charge is -2.04. The maximum Gasteiger partial charge on any atom is 0.309 e. The molecule has 0 amide bonds. The number of anilines is 1. The van der Waals surface area contributed by atoms with Gasteiger partial charge in [0.05, 0.1) is 12.1 Å². The van der Waals surface area contributed by atoms with Gasteiger partial charge >= 0.3 is 5.97 Å². The molecule has 2 heterocycles. The molecule has 0 aliphatic rings. The molecule has 0 aliphatic heterocycles. The molecule has 7 heteroatoms. The number of nitrogens with zero attached hydrogens (tertiary/aromatic N) is 3. The van der Waals surface area contributed by atoms with Crippen LogP contribution in [0.1, 0.15) is 25.5 Å². The summed E-state index contributed by atoms with van der Waals surface area (Å²) in [6.07, 6.45) is 2.07. The Morgan fingerprint density at radius 3 is 3.00 bits per heavy atom. The average Bonchev–Trinajstić information content (AvgIpc) is 2.66. The van der Waals surface area contributed by atoms with E-state index >= 15 is 0 Å². The van der Waals surface area contributed by atoms with Crippen molar-refractivity contribution < 1.29 is 9.90 Å². The van der Waals surface area contributed by atoms with Crippen molar-refractivity contribution in [2.75, 3.05) is 11.9 Å². The highest BCUT2D eigenvalue weighted by Crippen LogP contribution is 2.19. The van der Waals surface area contributed by atoms with Gasteiger partial charge in [-0.15, -0.1) is 5.10 Å². The molecule has 2 aromatic rings. The molecule has 6 nitrogen and oxygen atoms in total. The summed E-state index contributed by atoms with van der Waals surface area (Å²) >= 11 is 3.34. The Bertz CT molecular complexity index is 597. The molecule has 0 radical (unpaired) electrons. The zero-order chi connectivity index (χ0) is 13.8. The molecule has 0 bridgehead atoms. The monoisotopic (exact) mass is 326 g/mol. The number of carboxylic acids is 1. The van der Waals surface area contributed by atoms with Gasteiger partial charge in [0.1, 0.15) is 10.4 Å². The van der Waals surface area contributed by atoms with Gasteiger partial charge in [-0.25, -0.2) is 9.50 Å². The van der Waals surface area contributed by atoms with Crippen LogP contribution < -0.4 is 5.32 Å². The fourth-order valence-corrected chi connectivity index (χ4v) is 2.19. The van der Waals surface area contributed by atoms with E-state index in [1.165, 1.54) is 0 Å². The van der Waals surface area contributed by atoms with E-state index in [-0.39, 0.29) is 6.42 Å². The summed E-state index contributed by atoms with van der Waals surface area (Å²) in [7, 11) is 0. The number of carboxylic acid groups (broad SMARTS) is 1. The molecule has 0 spiro atoms. The lowest BCUT2D eigenvalue weighted by atomic mass is 10.3. The average molecular weight is 327 g/mol. The molecule has 0 aliphatic carbocycles.